The van der Waals surface area contributed by atoms with Gasteiger partial charge in [0.1, 0.15) is 15.6 Å². The van der Waals surface area contributed by atoms with Crippen molar-refractivity contribution in [1.29, 1.82) is 0 Å². The Morgan fingerprint density at radius 2 is 2.21 bits per heavy atom. The first kappa shape index (κ1) is 11.0. The number of nitrogens with zero attached hydrogens (tertiary/aromatic N) is 1. The molecule has 0 amide bonds. The molecule has 3 aromatic rings. The summed E-state index contributed by atoms with van der Waals surface area (Å²) in [6.45, 7) is -6.48. The van der Waals surface area contributed by atoms with Crippen molar-refractivity contribution < 1.29 is 40.9 Å². The molecule has 8 nitrogen and oxygen atoms in total. The molecule has 0 saturated carbocycles. The summed E-state index contributed by atoms with van der Waals surface area (Å²) < 4.78 is 122. The zero-order chi connectivity index (χ0) is 29.3. The van der Waals surface area contributed by atoms with E-state index in [0.29, 0.717) is 11.3 Å². The second kappa shape index (κ2) is 7.36. The Bertz CT molecular complexity index is 1600. The average Bonchev–Trinajstić information content (AvgIpc) is 3.54. The van der Waals surface area contributed by atoms with Crippen molar-refractivity contribution in [2.75, 3.05) is 11.5 Å². The first-order valence-electron chi connectivity index (χ1n) is 12.5. The van der Waals surface area contributed by atoms with E-state index in [2.05, 4.69) is 5.16 Å². The second-order valence-corrected chi connectivity index (χ2v) is 8.36. The number of aromatic nitrogens is 1. The van der Waals surface area contributed by atoms with Crippen molar-refractivity contribution in [2.24, 2.45) is 0 Å². The van der Waals surface area contributed by atoms with Gasteiger partial charge in [0.15, 0.2) is 17.3 Å². The molecule has 1 aromatic carbocycles. The van der Waals surface area contributed by atoms with E-state index in [4.69, 9.17) is 39.3 Å². The number of ketones is 1. The van der Waals surface area contributed by atoms with Crippen molar-refractivity contribution in [1.82, 2.24) is 5.16 Å². The van der Waals surface area contributed by atoms with Gasteiger partial charge in [-0.3, -0.25) is 4.79 Å². The van der Waals surface area contributed by atoms with E-state index in [1.807, 2.05) is 4.72 Å². The molecule has 2 aromatic heterocycles. The number of carbonyl (C=O) groups excluding carboxylic acids is 1. The number of ether oxygens (including phenoxy) is 2. The predicted octanol–water partition coefficient (Wildman–Crippen LogP) is 3.96. The molecule has 1 N–H and O–H groups in total. The number of hydrogen-bond donors (Lipinski definition) is 1. The van der Waals surface area contributed by atoms with Gasteiger partial charge >= 0.3 is 0 Å². The van der Waals surface area contributed by atoms with Crippen molar-refractivity contribution in [3.63, 3.8) is 0 Å². The fourth-order valence-corrected chi connectivity index (χ4v) is 4.77. The van der Waals surface area contributed by atoms with Crippen LogP contribution in [0.1, 0.15) is 40.2 Å². The number of thiophene rings is 1. The molecule has 0 saturated heterocycles. The van der Waals surface area contributed by atoms with E-state index in [1.165, 1.54) is 0 Å². The van der Waals surface area contributed by atoms with E-state index in [9.17, 15) is 13.2 Å². The van der Waals surface area contributed by atoms with Crippen molar-refractivity contribution in [3.05, 3.63) is 50.3 Å². The quantitative estimate of drug-likeness (QED) is 0.550. The minimum Gasteiger partial charge on any atom is -0.454 e. The number of rotatable bonds is 6. The Morgan fingerprint density at radius 1 is 1.41 bits per heavy atom. The van der Waals surface area contributed by atoms with Crippen LogP contribution in [0.3, 0.4) is 0 Å². The molecule has 0 radical (unpaired) electrons. The number of benzene rings is 1. The van der Waals surface area contributed by atoms with Gasteiger partial charge in [0.2, 0.25) is 6.79 Å². The lowest BCUT2D eigenvalue weighted by Gasteiger charge is -2.09. The van der Waals surface area contributed by atoms with Crippen molar-refractivity contribution >= 4 is 44.6 Å². The van der Waals surface area contributed by atoms with E-state index in [-0.39, 0.29) is 0 Å². The van der Waals surface area contributed by atoms with Gasteiger partial charge in [-0.2, -0.15) is 0 Å². The fourth-order valence-electron chi connectivity index (χ4n) is 2.27. The van der Waals surface area contributed by atoms with Gasteiger partial charge in [0.05, 0.1) is 7.62 Å². The molecule has 4 rings (SSSR count). The minimum absolute atomic E-state index is 0.401. The molecule has 11 heteroatoms. The van der Waals surface area contributed by atoms with Gasteiger partial charge in [0.25, 0.3) is 15.9 Å². The molecular formula is C18H15ClN2O6S2. The Labute approximate surface area is 189 Å². The SMILES string of the molecule is [2H]c1c2c(c([2H])c(C([2H])([2H])C(=O)c3sccc3S(=O)(=O)Nc3onc(C([2H])([2H])[2H])c3Cl)c1C([2H])([2H])[2H])OCO2. The topological polar surface area (TPSA) is 108 Å². The largest absolute Gasteiger partial charge is 0.454 e. The van der Waals surface area contributed by atoms with E-state index in [1.54, 1.807) is 0 Å². The molecule has 29 heavy (non-hydrogen) atoms. The average molecular weight is 465 g/mol. The first-order chi connectivity index (χ1) is 17.8. The third-order valence-corrected chi connectivity index (χ3v) is 6.33. The van der Waals surface area contributed by atoms with Crippen molar-refractivity contribution in [2.45, 2.75) is 25.0 Å². The highest BCUT2D eigenvalue weighted by molar-refractivity contribution is 7.93. The summed E-state index contributed by atoms with van der Waals surface area (Å²) >= 11 is 6.39. The maximum Gasteiger partial charge on any atom is 0.265 e. The van der Waals surface area contributed by atoms with E-state index in [0.717, 1.165) is 11.4 Å². The number of hydrogen-bond acceptors (Lipinski definition) is 8. The van der Waals surface area contributed by atoms with Gasteiger partial charge in [-0.25, -0.2) is 13.1 Å². The van der Waals surface area contributed by atoms with E-state index >= 15 is 0 Å². The molecule has 0 unspecified atom stereocenters. The molecule has 0 aliphatic carbocycles. The number of carbonyl (C=O) groups is 1. The first-order valence-corrected chi connectivity index (χ1v) is 10.3. The van der Waals surface area contributed by atoms with Crippen LogP contribution in [0.4, 0.5) is 5.88 Å². The highest BCUT2D eigenvalue weighted by Crippen LogP contribution is 2.36. The Hall–Kier alpha value is -2.56. The highest BCUT2D eigenvalue weighted by atomic mass is 35.5. The Balaban J connectivity index is 1.81. The summed E-state index contributed by atoms with van der Waals surface area (Å²) in [7, 11) is -4.78. The summed E-state index contributed by atoms with van der Waals surface area (Å²) in [6, 6.07) is -0.726. The number of halogens is 1. The number of fused-ring (bicyclic) bond motifs is 1. The third-order valence-electron chi connectivity index (χ3n) is 3.57. The lowest BCUT2D eigenvalue weighted by molar-refractivity contribution is 0.0994. The van der Waals surface area contributed by atoms with Crippen LogP contribution in [-0.4, -0.2) is 26.2 Å². The number of sulfonamides is 1. The van der Waals surface area contributed by atoms with Gasteiger partial charge in [-0.1, -0.05) is 16.8 Å². The Morgan fingerprint density at radius 3 is 2.93 bits per heavy atom. The fraction of sp³-hybridized carbons (Fsp3) is 0.222. The van der Waals surface area contributed by atoms with Crippen LogP contribution >= 0.6 is 22.9 Å². The number of Topliss-reactive ketones (excluding diaryl/α,β-unsaturated/α-hetero) is 1. The predicted molar refractivity (Wildman–Crippen MR) is 107 cm³/mol. The van der Waals surface area contributed by atoms with Crippen molar-refractivity contribution in [3.8, 4) is 11.5 Å². The third kappa shape index (κ3) is 3.70. The molecule has 1 aliphatic rings. The normalized spacial score (nSPS) is 19.3. The van der Waals surface area contributed by atoms with Gasteiger partial charge in [-0.05, 0) is 48.4 Å². The van der Waals surface area contributed by atoms with Crippen LogP contribution < -0.4 is 14.2 Å². The van der Waals surface area contributed by atoms with Crippen LogP contribution in [0.25, 0.3) is 0 Å². The van der Waals surface area contributed by atoms with E-state index < -0.39 is 104 Å². The van der Waals surface area contributed by atoms with Crippen LogP contribution in [0.15, 0.2) is 32.9 Å². The van der Waals surface area contributed by atoms with Gasteiger partial charge in [-0.15, -0.1) is 11.3 Å². The maximum atomic E-state index is 13.5. The summed E-state index contributed by atoms with van der Waals surface area (Å²) in [6.07, 6.45) is -3.34. The van der Waals surface area contributed by atoms with Gasteiger partial charge < -0.3 is 14.0 Å². The standard InChI is InChI=1S/C18H15ClN2O6S2/c1-9-5-13-14(26-8-25-13)7-11(9)6-12(22)17-15(3-4-28-17)29(23,24)21-18-16(19)10(2)20-27-18/h3-5,7,21H,6,8H2,1-2H3/i1D3,2D3,5D,6D2,7D. The monoisotopic (exact) mass is 464 g/mol. The van der Waals surface area contributed by atoms with Gasteiger partial charge in [0, 0.05) is 17.3 Å². The van der Waals surface area contributed by atoms with Crippen LogP contribution in [0.5, 0.6) is 11.5 Å². The lowest BCUT2D eigenvalue weighted by Crippen LogP contribution is -2.16. The summed E-state index contributed by atoms with van der Waals surface area (Å²) in [5.41, 5.74) is -2.71. The number of nitrogens with one attached hydrogen (secondary N) is 1. The molecule has 0 atom stereocenters. The summed E-state index contributed by atoms with van der Waals surface area (Å²) in [5, 5.41) is 3.70. The molecule has 0 spiro atoms. The molecule has 0 fully saturated rings. The molecule has 1 aliphatic heterocycles. The minimum atomic E-state index is -4.78. The number of aryl methyl sites for hydroxylation is 1. The smallest absolute Gasteiger partial charge is 0.265 e. The summed E-state index contributed by atoms with van der Waals surface area (Å²) in [5.74, 6) is -3.15. The molecule has 0 bridgehead atoms. The second-order valence-electron chi connectivity index (χ2n) is 5.41. The molecule has 152 valence electrons. The zero-order valence-electron chi connectivity index (χ0n) is 24.0. The maximum absolute atomic E-state index is 13.5. The summed E-state index contributed by atoms with van der Waals surface area (Å²) in [4.78, 5) is 12.0. The highest BCUT2D eigenvalue weighted by Gasteiger charge is 2.27. The molecular weight excluding hydrogens is 440 g/mol. The Kier molecular flexibility index (Phi) is 2.79. The zero-order valence-corrected chi connectivity index (χ0v) is 16.3. The van der Waals surface area contributed by atoms with Crippen LogP contribution in [0.2, 0.25) is 5.02 Å². The molecule has 3 heterocycles. The number of anilines is 1. The van der Waals surface area contributed by atoms with Crippen LogP contribution in [0, 0.1) is 13.7 Å². The lowest BCUT2D eigenvalue weighted by atomic mass is 10.0. The van der Waals surface area contributed by atoms with Crippen LogP contribution in [-0.2, 0) is 16.4 Å².